The first kappa shape index (κ1) is 15.6. The number of anilines is 1. The SMILES string of the molecule is O=C(O)CN1C(=S)CN=C(c2ccccc2)c2cc(Cl)ccc21. The van der Waals surface area contributed by atoms with Crippen LogP contribution >= 0.6 is 23.8 Å². The zero-order valence-electron chi connectivity index (χ0n) is 12.1. The van der Waals surface area contributed by atoms with E-state index in [0.29, 0.717) is 15.7 Å². The molecule has 0 spiro atoms. The second-order valence-corrected chi connectivity index (χ2v) is 5.97. The van der Waals surface area contributed by atoms with E-state index in [0.717, 1.165) is 16.8 Å². The molecule has 1 aliphatic rings. The van der Waals surface area contributed by atoms with Gasteiger partial charge in [0.15, 0.2) is 0 Å². The molecule has 0 atom stereocenters. The number of nitrogens with zero attached hydrogens (tertiary/aromatic N) is 2. The van der Waals surface area contributed by atoms with Gasteiger partial charge in [-0.2, -0.15) is 0 Å². The Kier molecular flexibility index (Phi) is 4.41. The van der Waals surface area contributed by atoms with E-state index in [4.69, 9.17) is 23.8 Å². The van der Waals surface area contributed by atoms with Crippen molar-refractivity contribution in [3.8, 4) is 0 Å². The second-order valence-electron chi connectivity index (χ2n) is 5.07. The molecule has 1 aliphatic heterocycles. The number of benzene rings is 2. The zero-order valence-corrected chi connectivity index (χ0v) is 13.6. The standard InChI is InChI=1S/C17H13ClN2O2S/c18-12-6-7-14-13(8-12)17(11-4-2-1-3-5-11)19-9-15(23)20(14)10-16(21)22/h1-8H,9-10H2,(H,21,22). The smallest absolute Gasteiger partial charge is 0.323 e. The lowest BCUT2D eigenvalue weighted by Gasteiger charge is -2.23. The average molecular weight is 345 g/mol. The summed E-state index contributed by atoms with van der Waals surface area (Å²) in [6.45, 7) is 0.0597. The summed E-state index contributed by atoms with van der Waals surface area (Å²) in [7, 11) is 0. The van der Waals surface area contributed by atoms with Crippen molar-refractivity contribution in [2.24, 2.45) is 4.99 Å². The number of carboxylic acid groups (broad SMARTS) is 1. The Morgan fingerprint density at radius 1 is 1.26 bits per heavy atom. The van der Waals surface area contributed by atoms with Crippen LogP contribution in [0, 0.1) is 0 Å². The lowest BCUT2D eigenvalue weighted by Crippen LogP contribution is -2.35. The van der Waals surface area contributed by atoms with E-state index in [2.05, 4.69) is 4.99 Å². The maximum absolute atomic E-state index is 11.2. The first-order valence-electron chi connectivity index (χ1n) is 6.98. The van der Waals surface area contributed by atoms with Crippen molar-refractivity contribution in [1.82, 2.24) is 0 Å². The average Bonchev–Trinajstić information content (AvgIpc) is 2.66. The molecule has 2 aromatic carbocycles. The van der Waals surface area contributed by atoms with Gasteiger partial charge in [-0.1, -0.05) is 54.2 Å². The van der Waals surface area contributed by atoms with E-state index >= 15 is 0 Å². The Morgan fingerprint density at radius 2 is 2.00 bits per heavy atom. The number of thiocarbonyl (C=S) groups is 1. The predicted octanol–water partition coefficient (Wildman–Crippen LogP) is 3.41. The molecular weight excluding hydrogens is 332 g/mol. The molecule has 0 radical (unpaired) electrons. The largest absolute Gasteiger partial charge is 0.480 e. The monoisotopic (exact) mass is 344 g/mol. The molecule has 0 saturated heterocycles. The molecule has 0 amide bonds. The van der Waals surface area contributed by atoms with Gasteiger partial charge in [0.25, 0.3) is 0 Å². The van der Waals surface area contributed by atoms with Crippen molar-refractivity contribution < 1.29 is 9.90 Å². The van der Waals surface area contributed by atoms with E-state index in [1.807, 2.05) is 30.3 Å². The molecule has 4 nitrogen and oxygen atoms in total. The fraction of sp³-hybridized carbons (Fsp3) is 0.118. The van der Waals surface area contributed by atoms with Gasteiger partial charge in [0.05, 0.1) is 17.9 Å². The summed E-state index contributed by atoms with van der Waals surface area (Å²) in [4.78, 5) is 17.9. The third-order valence-electron chi connectivity index (χ3n) is 3.52. The number of hydrogen-bond acceptors (Lipinski definition) is 3. The van der Waals surface area contributed by atoms with E-state index < -0.39 is 5.97 Å². The Bertz CT molecular complexity index is 805. The highest BCUT2D eigenvalue weighted by molar-refractivity contribution is 7.80. The first-order valence-corrected chi connectivity index (χ1v) is 7.77. The number of rotatable bonds is 3. The molecule has 2 aromatic rings. The number of halogens is 1. The van der Waals surface area contributed by atoms with Gasteiger partial charge in [-0.25, -0.2) is 0 Å². The van der Waals surface area contributed by atoms with Crippen LogP contribution in [0.15, 0.2) is 53.5 Å². The van der Waals surface area contributed by atoms with Crippen LogP contribution in [0.2, 0.25) is 5.02 Å². The van der Waals surface area contributed by atoms with Crippen LogP contribution in [0.25, 0.3) is 0 Å². The number of fused-ring (bicyclic) bond motifs is 1. The van der Waals surface area contributed by atoms with E-state index in [1.54, 1.807) is 23.1 Å². The van der Waals surface area contributed by atoms with Crippen LogP contribution in [-0.2, 0) is 4.79 Å². The molecule has 6 heteroatoms. The van der Waals surface area contributed by atoms with Crippen LogP contribution in [0.5, 0.6) is 0 Å². The maximum atomic E-state index is 11.2. The van der Waals surface area contributed by atoms with Gasteiger partial charge in [0.1, 0.15) is 11.5 Å². The zero-order chi connectivity index (χ0) is 16.4. The lowest BCUT2D eigenvalue weighted by molar-refractivity contribution is -0.135. The molecular formula is C17H13ClN2O2S. The van der Waals surface area contributed by atoms with Gasteiger partial charge in [-0.3, -0.25) is 9.79 Å². The summed E-state index contributed by atoms with van der Waals surface area (Å²) < 4.78 is 0. The number of carbonyl (C=O) groups is 1. The second kappa shape index (κ2) is 6.48. The summed E-state index contributed by atoms with van der Waals surface area (Å²) in [5.41, 5.74) is 3.20. The molecule has 0 bridgehead atoms. The third kappa shape index (κ3) is 3.25. The van der Waals surface area contributed by atoms with Gasteiger partial charge in [-0.05, 0) is 18.2 Å². The van der Waals surface area contributed by atoms with Crippen LogP contribution in [0.1, 0.15) is 11.1 Å². The summed E-state index contributed by atoms with van der Waals surface area (Å²) >= 11 is 11.5. The first-order chi connectivity index (χ1) is 11.1. The van der Waals surface area contributed by atoms with Crippen molar-refractivity contribution >= 4 is 46.2 Å². The highest BCUT2D eigenvalue weighted by atomic mass is 35.5. The van der Waals surface area contributed by atoms with Crippen LogP contribution in [-0.4, -0.2) is 34.9 Å². The summed E-state index contributed by atoms with van der Waals surface area (Å²) in [6, 6.07) is 15.0. The summed E-state index contributed by atoms with van der Waals surface area (Å²) in [6.07, 6.45) is 0. The van der Waals surface area contributed by atoms with Crippen LogP contribution in [0.3, 0.4) is 0 Å². The normalized spacial score (nSPS) is 14.0. The maximum Gasteiger partial charge on any atom is 0.323 e. The number of aliphatic imine (C=N–C) groups is 1. The highest BCUT2D eigenvalue weighted by Gasteiger charge is 2.24. The fourth-order valence-corrected chi connectivity index (χ4v) is 2.94. The number of carboxylic acids is 1. The molecule has 0 unspecified atom stereocenters. The molecule has 0 saturated carbocycles. The van der Waals surface area contributed by atoms with Crippen molar-refractivity contribution in [1.29, 1.82) is 0 Å². The Morgan fingerprint density at radius 3 is 2.70 bits per heavy atom. The predicted molar refractivity (Wildman–Crippen MR) is 96.0 cm³/mol. The molecule has 3 rings (SSSR count). The van der Waals surface area contributed by atoms with Gasteiger partial charge in [-0.15, -0.1) is 0 Å². The summed E-state index contributed by atoms with van der Waals surface area (Å²) in [5, 5.41) is 9.74. The summed E-state index contributed by atoms with van der Waals surface area (Å²) in [5.74, 6) is -0.948. The number of aliphatic carboxylic acids is 1. The minimum atomic E-state index is -0.948. The fourth-order valence-electron chi connectivity index (χ4n) is 2.54. The van der Waals surface area contributed by atoms with Gasteiger partial charge < -0.3 is 10.0 Å². The van der Waals surface area contributed by atoms with E-state index in [9.17, 15) is 9.90 Å². The molecule has 0 aromatic heterocycles. The van der Waals surface area contributed by atoms with E-state index in [-0.39, 0.29) is 13.1 Å². The molecule has 1 N–H and O–H groups in total. The van der Waals surface area contributed by atoms with Crippen LogP contribution in [0.4, 0.5) is 5.69 Å². The lowest BCUT2D eigenvalue weighted by atomic mass is 10.0. The minimum absolute atomic E-state index is 0.203. The van der Waals surface area contributed by atoms with Crippen LogP contribution < -0.4 is 4.90 Å². The quantitative estimate of drug-likeness (QED) is 0.867. The number of benzodiazepines with no additional fused rings is 1. The Labute approximate surface area is 144 Å². The third-order valence-corrected chi connectivity index (χ3v) is 4.10. The van der Waals surface area contributed by atoms with Crippen molar-refractivity contribution in [2.75, 3.05) is 18.0 Å². The van der Waals surface area contributed by atoms with Gasteiger partial charge in [0.2, 0.25) is 0 Å². The molecule has 0 fully saturated rings. The van der Waals surface area contributed by atoms with Crippen molar-refractivity contribution in [3.63, 3.8) is 0 Å². The van der Waals surface area contributed by atoms with Crippen molar-refractivity contribution in [3.05, 3.63) is 64.7 Å². The highest BCUT2D eigenvalue weighted by Crippen LogP contribution is 2.29. The Hall–Kier alpha value is -2.24. The van der Waals surface area contributed by atoms with Gasteiger partial charge in [0, 0.05) is 16.1 Å². The van der Waals surface area contributed by atoms with Crippen molar-refractivity contribution in [2.45, 2.75) is 0 Å². The molecule has 0 aliphatic carbocycles. The van der Waals surface area contributed by atoms with E-state index in [1.165, 1.54) is 0 Å². The molecule has 116 valence electrons. The topological polar surface area (TPSA) is 52.9 Å². The van der Waals surface area contributed by atoms with Gasteiger partial charge >= 0.3 is 5.97 Å². The number of hydrogen-bond donors (Lipinski definition) is 1. The Balaban J connectivity index is 2.18. The minimum Gasteiger partial charge on any atom is -0.480 e. The molecule has 23 heavy (non-hydrogen) atoms. The molecule has 1 heterocycles.